The number of carboxylic acids is 2. The van der Waals surface area contributed by atoms with Crippen LogP contribution in [0.25, 0.3) is 0 Å². The zero-order valence-electron chi connectivity index (χ0n) is 37.1. The van der Waals surface area contributed by atoms with Gasteiger partial charge in [-0.25, -0.2) is 29.5 Å². The van der Waals surface area contributed by atoms with Crippen molar-refractivity contribution in [1.29, 1.82) is 0 Å². The van der Waals surface area contributed by atoms with Crippen LogP contribution in [0.15, 0.2) is 10.3 Å². The fraction of sp³-hybridized carbons (Fsp3) is 0.667. The summed E-state index contributed by atoms with van der Waals surface area (Å²) in [5.41, 5.74) is 6.41. The molecule has 6 rings (SSSR count). The van der Waals surface area contributed by atoms with Crippen LogP contribution in [0.3, 0.4) is 0 Å². The van der Waals surface area contributed by atoms with Gasteiger partial charge in [0.15, 0.2) is 43.2 Å². The summed E-state index contributed by atoms with van der Waals surface area (Å²) >= 11 is 24.9. The first-order valence-corrected chi connectivity index (χ1v) is 26.6. The van der Waals surface area contributed by atoms with Gasteiger partial charge in [-0.05, 0) is 58.3 Å². The maximum absolute atomic E-state index is 11.1. The predicted octanol–water partition coefficient (Wildman–Crippen LogP) is 7.83. The number of fused-ring (bicyclic) bond motifs is 2. The summed E-state index contributed by atoms with van der Waals surface area (Å²) < 4.78 is 34.1. The third-order valence-corrected chi connectivity index (χ3v) is 11.9. The van der Waals surface area contributed by atoms with Gasteiger partial charge in [0, 0.05) is 36.1 Å². The topological polar surface area (TPSA) is 278 Å². The number of nitrogens with zero attached hydrogens (tertiary/aromatic N) is 4. The quantitative estimate of drug-likeness (QED) is 0.0158. The molecule has 2 aliphatic heterocycles. The summed E-state index contributed by atoms with van der Waals surface area (Å²) in [5, 5.41) is 27.1. The molecule has 4 aliphatic rings. The first-order chi connectivity index (χ1) is 30.8. The average molecular weight is 1310 g/mol. The van der Waals surface area contributed by atoms with E-state index in [-0.39, 0.29) is 89.8 Å². The van der Waals surface area contributed by atoms with Crippen molar-refractivity contribution in [1.82, 2.24) is 19.9 Å². The molecule has 1 radical (unpaired) electrons. The van der Waals surface area contributed by atoms with Gasteiger partial charge in [-0.2, -0.15) is 0 Å². The molecule has 2 saturated heterocycles. The molecule has 4 fully saturated rings. The Balaban J connectivity index is 0.00000100. The number of carbonyl (C=O) groups excluding carboxylic acids is 2. The van der Waals surface area contributed by atoms with Gasteiger partial charge in [0.2, 0.25) is 12.8 Å². The smallest absolute Gasteiger partial charge is 0.329 e. The molecule has 0 spiro atoms. The molecule has 2 aromatic heterocycles. The van der Waals surface area contributed by atoms with E-state index in [1.807, 2.05) is 48.3 Å². The molecule has 2 saturated carbocycles. The summed E-state index contributed by atoms with van der Waals surface area (Å²) in [6.45, 7) is 10.5. The molecule has 7 N–H and O–H groups in total. The van der Waals surface area contributed by atoms with Crippen LogP contribution in [0, 0.1) is 4.93 Å². The van der Waals surface area contributed by atoms with Crippen LogP contribution in [0.4, 0.5) is 17.2 Å². The fourth-order valence-corrected chi connectivity index (χ4v) is 8.96. The van der Waals surface area contributed by atoms with E-state index >= 15 is 0 Å². The normalized spacial score (nSPS) is 24.3. The van der Waals surface area contributed by atoms with Crippen molar-refractivity contribution in [3.05, 3.63) is 20.4 Å². The zero-order chi connectivity index (χ0) is 49.1. The molecule has 2 aliphatic carbocycles. The average Bonchev–Trinajstić information content (AvgIpc) is 3.95. The molecule has 0 aromatic carbocycles. The van der Waals surface area contributed by atoms with Crippen LogP contribution in [0.1, 0.15) is 74.7 Å². The number of ether oxygens (including phenoxy) is 6. The Kier molecular flexibility index (Phi) is 32.6. The molecular weight excluding hydrogens is 1250 g/mol. The third kappa shape index (κ3) is 21.0. The minimum absolute atomic E-state index is 0. The maximum atomic E-state index is 11.1. The van der Waals surface area contributed by atoms with Gasteiger partial charge in [-0.1, -0.05) is 102 Å². The van der Waals surface area contributed by atoms with Crippen LogP contribution >= 0.6 is 104 Å². The van der Waals surface area contributed by atoms with E-state index in [1.165, 1.54) is 23.5 Å². The maximum Gasteiger partial charge on any atom is 0.329 e. The Labute approximate surface area is 454 Å². The van der Waals surface area contributed by atoms with Gasteiger partial charge in [0.05, 0.1) is 18.2 Å². The minimum atomic E-state index is -1.06. The fourth-order valence-electron chi connectivity index (χ4n) is 6.69. The van der Waals surface area contributed by atoms with Crippen molar-refractivity contribution in [2.75, 3.05) is 45.6 Å². The number of thioether (sulfide) groups is 2. The molecule has 20 nitrogen and oxygen atoms in total. The predicted molar refractivity (Wildman–Crippen MR) is 274 cm³/mol. The van der Waals surface area contributed by atoms with Crippen molar-refractivity contribution in [2.45, 2.75) is 145 Å². The standard InChI is InChI=1S/C18H25ClN4O6S.C10H17NO5.C8H9Cl2N3OS.CH3I.CH2I.CH4.V/c1-4-5-30-17-22-15(19)12(20-8-24)16(23-17)21-9-6-10(27-7-11(25)26)14-13(9)28-18(2,3)29-14;1-10(2)15-8-5(11)3-6(9(8)16-10)14-4-7(12)13;1-2-3-15-8-12-6(9)5(11-4-14)7(10)13-8;2*1-2;;/h8-10,13-14H,4-7H2,1-3H3,(H,20,24)(H,25,26)(H,21,22,23);5-6,8-9H,3-4,11H2,1-2H3,(H,12,13);4H,2-3H2,1H3,(H,11,14);1H3;1H2;1H4;/q;;;;-1;;/t9?,10-,13-,14+;5-,6+,8+,9-;;;;;/m01...../s1. The number of anilines is 3. The molecular formula is C39H60Cl3I2N8O12S2V-. The summed E-state index contributed by atoms with van der Waals surface area (Å²) in [7, 11) is 0. The Morgan fingerprint density at radius 2 is 1.15 bits per heavy atom. The minimum Gasteiger partial charge on any atom is -0.480 e. The summed E-state index contributed by atoms with van der Waals surface area (Å²) in [4.78, 5) is 64.6. The van der Waals surface area contributed by atoms with E-state index in [2.05, 4.69) is 70.3 Å². The number of alkyl halides is 1. The number of rotatable bonds is 18. The van der Waals surface area contributed by atoms with Crippen molar-refractivity contribution in [3.8, 4) is 0 Å². The van der Waals surface area contributed by atoms with Crippen molar-refractivity contribution < 1.29 is 76.4 Å². The number of nitrogens with one attached hydrogen (secondary N) is 3. The second-order valence-electron chi connectivity index (χ2n) is 14.7. The Bertz CT molecular complexity index is 1840. The van der Waals surface area contributed by atoms with E-state index < -0.39 is 48.4 Å². The van der Waals surface area contributed by atoms with Gasteiger partial charge < -0.3 is 82.9 Å². The van der Waals surface area contributed by atoms with E-state index in [1.54, 1.807) is 13.8 Å². The number of carboxylic acid groups (broad SMARTS) is 2. The molecule has 67 heavy (non-hydrogen) atoms. The molecule has 2 aromatic rings. The number of halogens is 5. The van der Waals surface area contributed by atoms with E-state index in [9.17, 15) is 19.2 Å². The molecule has 28 heteroatoms. The van der Waals surface area contributed by atoms with Crippen molar-refractivity contribution in [3.63, 3.8) is 0 Å². The summed E-state index contributed by atoms with van der Waals surface area (Å²) in [6, 6.07) is -0.469. The molecule has 8 atom stereocenters. The molecule has 0 bridgehead atoms. The number of hydrogen-bond acceptors (Lipinski definition) is 18. The Hall–Kier alpha value is -0.826. The largest absolute Gasteiger partial charge is 0.480 e. The number of aromatic nitrogens is 4. The SMILES string of the molecule is C.CC1(C)O[C@@H]2[C@H](O1)[C@@H](OCC(=O)O)C[C@H]2N.CCCSc1nc(Cl)c(NC=O)c(Cl)n1.CCCSc1nc(Cl)c(NC=O)c(NC2C[C@H](OCC(=O)O)[C@H]3OC(C)(C)O[C@@H]23)n1.CI.[CH2-]I.[V]. The first kappa shape index (κ1) is 66.2. The monoisotopic (exact) mass is 1310 g/mol. The van der Waals surface area contributed by atoms with Gasteiger partial charge >= 0.3 is 11.9 Å². The Morgan fingerprint density at radius 3 is 1.60 bits per heavy atom. The van der Waals surface area contributed by atoms with Crippen LogP contribution < -0.4 is 21.7 Å². The number of carbonyl (C=O) groups is 4. The number of aliphatic carboxylic acids is 2. The van der Waals surface area contributed by atoms with E-state index in [0.29, 0.717) is 41.8 Å². The number of hydrogen-bond donors (Lipinski definition) is 6. The first-order valence-electron chi connectivity index (χ1n) is 19.8. The van der Waals surface area contributed by atoms with Gasteiger partial charge in [0.1, 0.15) is 49.0 Å². The van der Waals surface area contributed by atoms with Gasteiger partial charge in [-0.3, -0.25) is 14.5 Å². The Morgan fingerprint density at radius 1 is 0.761 bits per heavy atom. The molecule has 2 amide bonds. The van der Waals surface area contributed by atoms with Crippen molar-refractivity contribution in [2.24, 2.45) is 5.73 Å². The second kappa shape index (κ2) is 33.0. The van der Waals surface area contributed by atoms with Crippen molar-refractivity contribution >= 4 is 145 Å². The van der Waals surface area contributed by atoms with Crippen LogP contribution in [-0.2, 0) is 66.2 Å². The summed E-state index contributed by atoms with van der Waals surface area (Å²) in [6.07, 6.45) is 1.87. The molecule has 381 valence electrons. The van der Waals surface area contributed by atoms with Gasteiger partial charge in [0.25, 0.3) is 0 Å². The van der Waals surface area contributed by atoms with E-state index in [4.69, 9.17) is 79.2 Å². The number of nitrogens with two attached hydrogens (primary N) is 1. The van der Waals surface area contributed by atoms with E-state index in [0.717, 1.165) is 24.3 Å². The number of amides is 2. The van der Waals surface area contributed by atoms with Crippen LogP contribution in [0.5, 0.6) is 0 Å². The third-order valence-electron chi connectivity index (χ3n) is 8.95. The van der Waals surface area contributed by atoms with Crippen LogP contribution in [-0.4, -0.2) is 145 Å². The second-order valence-corrected chi connectivity index (χ2v) is 17.9. The summed E-state index contributed by atoms with van der Waals surface area (Å²) in [5.74, 6) is -1.48. The zero-order valence-corrected chi connectivity index (χ0v) is 46.7. The molecule has 1 unspecified atom stereocenters. The van der Waals surface area contributed by atoms with Gasteiger partial charge in [-0.15, -0.1) is 0 Å². The van der Waals surface area contributed by atoms with Crippen LogP contribution in [0.2, 0.25) is 15.5 Å². The molecule has 4 heterocycles.